The second-order valence-corrected chi connectivity index (χ2v) is 9.35. The third-order valence-electron chi connectivity index (χ3n) is 5.74. The number of aromatic nitrogens is 2. The molecule has 1 aromatic heterocycles. The average molecular weight is 541 g/mol. The van der Waals surface area contributed by atoms with E-state index in [0.717, 1.165) is 12.3 Å². The molecule has 11 heteroatoms. The van der Waals surface area contributed by atoms with Crippen LogP contribution in [0.1, 0.15) is 27.7 Å². The van der Waals surface area contributed by atoms with E-state index in [1.165, 1.54) is 12.1 Å². The number of rotatable bonds is 13. The summed E-state index contributed by atoms with van der Waals surface area (Å²) in [6, 6.07) is 10.8. The molecule has 5 N–H and O–H groups in total. The van der Waals surface area contributed by atoms with Crippen LogP contribution in [0, 0.1) is 17.6 Å². The molecule has 0 aliphatic heterocycles. The highest BCUT2D eigenvalue weighted by Crippen LogP contribution is 2.26. The van der Waals surface area contributed by atoms with Gasteiger partial charge in [-0.05, 0) is 56.2 Å². The minimum Gasteiger partial charge on any atom is -0.485 e. The van der Waals surface area contributed by atoms with E-state index in [-0.39, 0.29) is 48.1 Å². The summed E-state index contributed by atoms with van der Waals surface area (Å²) >= 11 is 0. The summed E-state index contributed by atoms with van der Waals surface area (Å²) in [7, 11) is 0. The first-order valence-electron chi connectivity index (χ1n) is 12.5. The van der Waals surface area contributed by atoms with Crippen molar-refractivity contribution in [3.63, 3.8) is 0 Å². The van der Waals surface area contributed by atoms with Crippen LogP contribution >= 0.6 is 0 Å². The Hall–Kier alpha value is -4.09. The van der Waals surface area contributed by atoms with Crippen molar-refractivity contribution in [1.29, 1.82) is 0 Å². The molecular weight excluding hydrogens is 506 g/mol. The Morgan fingerprint density at radius 1 is 1.05 bits per heavy atom. The van der Waals surface area contributed by atoms with Crippen LogP contribution in [0.25, 0.3) is 0 Å². The highest BCUT2D eigenvalue weighted by molar-refractivity contribution is 5.99. The number of nitrogens with two attached hydrogens (primary N) is 1. The minimum absolute atomic E-state index is 0.0420. The number of amides is 1. The number of hydrogen-bond donors (Lipinski definition) is 4. The number of halogens is 2. The van der Waals surface area contributed by atoms with Crippen molar-refractivity contribution in [3.8, 4) is 5.75 Å². The van der Waals surface area contributed by atoms with E-state index in [0.29, 0.717) is 17.1 Å². The summed E-state index contributed by atoms with van der Waals surface area (Å²) in [4.78, 5) is 19.6. The van der Waals surface area contributed by atoms with Gasteiger partial charge in [0.05, 0.1) is 18.9 Å². The van der Waals surface area contributed by atoms with Crippen LogP contribution in [-0.2, 0) is 9.53 Å². The molecular formula is C28H34F2N6O3. The molecule has 0 fully saturated rings. The lowest BCUT2D eigenvalue weighted by Crippen LogP contribution is -2.40. The summed E-state index contributed by atoms with van der Waals surface area (Å²) in [5.41, 5.74) is 7.41. The quantitative estimate of drug-likeness (QED) is 0.209. The zero-order valence-electron chi connectivity index (χ0n) is 22.4. The number of ether oxygens (including phenoxy) is 2. The number of anilines is 5. The average Bonchev–Trinajstić information content (AvgIpc) is 2.90. The van der Waals surface area contributed by atoms with Crippen molar-refractivity contribution in [2.45, 2.75) is 45.9 Å². The second kappa shape index (κ2) is 13.6. The zero-order valence-corrected chi connectivity index (χ0v) is 22.4. The molecule has 9 nitrogen and oxygen atoms in total. The van der Waals surface area contributed by atoms with Gasteiger partial charge in [0, 0.05) is 29.2 Å². The van der Waals surface area contributed by atoms with Crippen molar-refractivity contribution in [2.24, 2.45) is 11.7 Å². The van der Waals surface area contributed by atoms with E-state index in [1.807, 2.05) is 20.8 Å². The highest BCUT2D eigenvalue weighted by Gasteiger charge is 2.19. The van der Waals surface area contributed by atoms with Crippen LogP contribution in [0.2, 0.25) is 0 Å². The number of carbonyl (C=O) groups is 1. The Bertz CT molecular complexity index is 1290. The second-order valence-electron chi connectivity index (χ2n) is 9.35. The van der Waals surface area contributed by atoms with Gasteiger partial charge in [0.15, 0.2) is 23.2 Å². The first-order chi connectivity index (χ1) is 18.5. The van der Waals surface area contributed by atoms with Crippen LogP contribution in [-0.4, -0.2) is 40.7 Å². The van der Waals surface area contributed by atoms with Gasteiger partial charge in [-0.15, -0.1) is 0 Å². The fourth-order valence-electron chi connectivity index (χ4n) is 3.51. The van der Waals surface area contributed by atoms with Crippen molar-refractivity contribution >= 4 is 34.7 Å². The summed E-state index contributed by atoms with van der Waals surface area (Å²) in [5.74, 6) is -1.41. The van der Waals surface area contributed by atoms with Crippen molar-refractivity contribution in [2.75, 3.05) is 22.6 Å². The van der Waals surface area contributed by atoms with E-state index >= 15 is 0 Å². The SMILES string of the molecule is C=CC(=O)Nc1cccc(Nc2nc(Nc3ccc(O[C@@H](C)COC(C)[C@@H](N)C(C)C)c(F)c3)ncc2F)c1. The molecule has 1 heterocycles. The third-order valence-corrected chi connectivity index (χ3v) is 5.74. The maximum Gasteiger partial charge on any atom is 0.247 e. The maximum absolute atomic E-state index is 14.8. The molecule has 1 unspecified atom stereocenters. The molecule has 208 valence electrons. The van der Waals surface area contributed by atoms with Gasteiger partial charge in [0.25, 0.3) is 0 Å². The van der Waals surface area contributed by atoms with Gasteiger partial charge in [-0.3, -0.25) is 4.79 Å². The van der Waals surface area contributed by atoms with E-state index in [9.17, 15) is 13.6 Å². The standard InChI is InChI=1S/C28H34F2N6O3/c1-6-25(37)33-19-8-7-9-20(12-19)34-27-23(30)14-32-28(36-27)35-21-10-11-24(22(29)13-21)39-17(4)15-38-18(5)26(31)16(2)3/h6-14,16-18,26H,1,15,31H2,2-5H3,(H,33,37)(H2,32,34,35,36)/t17-,18?,26-/m0/s1. The molecule has 39 heavy (non-hydrogen) atoms. The number of nitrogens with zero attached hydrogens (tertiary/aromatic N) is 2. The lowest BCUT2D eigenvalue weighted by atomic mass is 10.0. The third kappa shape index (κ3) is 8.72. The minimum atomic E-state index is -0.698. The zero-order chi connectivity index (χ0) is 28.5. The topological polar surface area (TPSA) is 123 Å². The van der Waals surface area contributed by atoms with E-state index in [1.54, 1.807) is 37.3 Å². The maximum atomic E-state index is 14.8. The van der Waals surface area contributed by atoms with E-state index < -0.39 is 17.7 Å². The smallest absolute Gasteiger partial charge is 0.247 e. The van der Waals surface area contributed by atoms with Crippen LogP contribution in [0.5, 0.6) is 5.75 Å². The van der Waals surface area contributed by atoms with Crippen LogP contribution in [0.3, 0.4) is 0 Å². The Morgan fingerprint density at radius 3 is 2.46 bits per heavy atom. The molecule has 0 radical (unpaired) electrons. The number of hydrogen-bond acceptors (Lipinski definition) is 8. The first-order valence-corrected chi connectivity index (χ1v) is 12.5. The Balaban J connectivity index is 1.63. The van der Waals surface area contributed by atoms with Gasteiger partial charge in [-0.25, -0.2) is 13.8 Å². The van der Waals surface area contributed by atoms with Gasteiger partial charge in [-0.2, -0.15) is 4.98 Å². The lowest BCUT2D eigenvalue weighted by Gasteiger charge is -2.25. The predicted molar refractivity (Wildman–Crippen MR) is 149 cm³/mol. The summed E-state index contributed by atoms with van der Waals surface area (Å²) in [6.45, 7) is 11.4. The number of carbonyl (C=O) groups excluding carboxylic acids is 1. The Morgan fingerprint density at radius 2 is 1.77 bits per heavy atom. The molecule has 0 aliphatic rings. The molecule has 0 saturated heterocycles. The molecule has 3 rings (SSSR count). The van der Waals surface area contributed by atoms with Gasteiger partial charge < -0.3 is 31.2 Å². The summed E-state index contributed by atoms with van der Waals surface area (Å²) < 4.78 is 40.6. The molecule has 3 atom stereocenters. The van der Waals surface area contributed by atoms with Crippen molar-refractivity contribution < 1.29 is 23.0 Å². The fourth-order valence-corrected chi connectivity index (χ4v) is 3.51. The predicted octanol–water partition coefficient (Wildman–Crippen LogP) is 5.52. The molecule has 0 aliphatic carbocycles. The van der Waals surface area contributed by atoms with Crippen molar-refractivity contribution in [3.05, 3.63) is 73.0 Å². The Kier molecular flexibility index (Phi) is 10.3. The van der Waals surface area contributed by atoms with Gasteiger partial charge in [0.2, 0.25) is 11.9 Å². The molecule has 1 amide bonds. The van der Waals surface area contributed by atoms with Crippen LogP contribution in [0.15, 0.2) is 61.3 Å². The van der Waals surface area contributed by atoms with Gasteiger partial charge in [0.1, 0.15) is 6.10 Å². The number of nitrogens with one attached hydrogen (secondary N) is 3. The van der Waals surface area contributed by atoms with Crippen LogP contribution < -0.4 is 26.4 Å². The summed E-state index contributed by atoms with van der Waals surface area (Å²) in [5, 5.41) is 8.33. The molecule has 3 aromatic rings. The van der Waals surface area contributed by atoms with E-state index in [2.05, 4.69) is 32.5 Å². The summed E-state index contributed by atoms with van der Waals surface area (Å²) in [6.07, 6.45) is 1.56. The fraction of sp³-hybridized carbons (Fsp3) is 0.321. The van der Waals surface area contributed by atoms with Gasteiger partial charge in [-0.1, -0.05) is 26.5 Å². The Labute approximate surface area is 226 Å². The highest BCUT2D eigenvalue weighted by atomic mass is 19.1. The molecule has 0 saturated carbocycles. The molecule has 0 spiro atoms. The molecule has 2 aromatic carbocycles. The van der Waals surface area contributed by atoms with E-state index in [4.69, 9.17) is 15.2 Å². The monoisotopic (exact) mass is 540 g/mol. The van der Waals surface area contributed by atoms with Gasteiger partial charge >= 0.3 is 0 Å². The van der Waals surface area contributed by atoms with Crippen LogP contribution in [0.4, 0.5) is 37.6 Å². The normalized spacial score (nSPS) is 13.3. The first kappa shape index (κ1) is 29.5. The van der Waals surface area contributed by atoms with Crippen molar-refractivity contribution in [1.82, 2.24) is 9.97 Å². The lowest BCUT2D eigenvalue weighted by molar-refractivity contribution is -0.111. The largest absolute Gasteiger partial charge is 0.485 e. The molecule has 0 bridgehead atoms. The number of benzene rings is 2.